The van der Waals surface area contributed by atoms with Crippen LogP contribution in [-0.2, 0) is 4.65 Å². The first-order chi connectivity index (χ1) is 9.36. The molecular formula is C15H24BN2O2. The number of nitrogens with one attached hydrogen (secondary N) is 1. The van der Waals surface area contributed by atoms with Crippen molar-refractivity contribution in [3.63, 3.8) is 0 Å². The number of nitrogens with zero attached hydrogens (tertiary/aromatic N) is 1. The van der Waals surface area contributed by atoms with Gasteiger partial charge in [-0.2, -0.15) is 0 Å². The van der Waals surface area contributed by atoms with E-state index in [0.717, 1.165) is 16.7 Å². The van der Waals surface area contributed by atoms with Gasteiger partial charge in [0.15, 0.2) is 0 Å². The standard InChI is InChI=1S/C15H24BN2O2/c1-11(18-10-17-5)13-6-8-14(9-7-13)16-20-15(3,4)12(2)19/h6-9,12,17,19H,10H2,1-5H3. The molecule has 1 radical (unpaired) electrons. The zero-order chi connectivity index (χ0) is 15.2. The van der Waals surface area contributed by atoms with Crippen LogP contribution in [-0.4, -0.2) is 43.7 Å². The summed E-state index contributed by atoms with van der Waals surface area (Å²) in [5, 5.41) is 12.6. The zero-order valence-electron chi connectivity index (χ0n) is 13.0. The van der Waals surface area contributed by atoms with Gasteiger partial charge in [-0.25, -0.2) is 0 Å². The van der Waals surface area contributed by atoms with Crippen LogP contribution in [0.3, 0.4) is 0 Å². The fraction of sp³-hybridized carbons (Fsp3) is 0.533. The Bertz CT molecular complexity index is 442. The van der Waals surface area contributed by atoms with E-state index in [0.29, 0.717) is 6.67 Å². The van der Waals surface area contributed by atoms with E-state index in [4.69, 9.17) is 4.65 Å². The van der Waals surface area contributed by atoms with Crippen LogP contribution in [0, 0.1) is 0 Å². The van der Waals surface area contributed by atoms with Crippen LogP contribution < -0.4 is 10.8 Å². The van der Waals surface area contributed by atoms with E-state index in [1.165, 1.54) is 0 Å². The third-order valence-electron chi connectivity index (χ3n) is 3.31. The van der Waals surface area contributed by atoms with Crippen molar-refractivity contribution >= 4 is 18.7 Å². The van der Waals surface area contributed by atoms with Crippen molar-refractivity contribution in [2.45, 2.75) is 39.4 Å². The molecule has 0 saturated heterocycles. The van der Waals surface area contributed by atoms with E-state index >= 15 is 0 Å². The second kappa shape index (κ2) is 7.57. The highest BCUT2D eigenvalue weighted by Gasteiger charge is 2.24. The lowest BCUT2D eigenvalue weighted by Crippen LogP contribution is -2.40. The number of aliphatic hydroxyl groups is 1. The van der Waals surface area contributed by atoms with Gasteiger partial charge in [-0.05, 0) is 40.3 Å². The van der Waals surface area contributed by atoms with Gasteiger partial charge in [0, 0.05) is 5.71 Å². The van der Waals surface area contributed by atoms with Gasteiger partial charge in [0.25, 0.3) is 0 Å². The molecule has 2 N–H and O–H groups in total. The van der Waals surface area contributed by atoms with Crippen molar-refractivity contribution in [1.29, 1.82) is 0 Å². The predicted molar refractivity (Wildman–Crippen MR) is 84.8 cm³/mol. The molecule has 0 aromatic heterocycles. The Hall–Kier alpha value is -1.17. The molecule has 0 amide bonds. The monoisotopic (exact) mass is 275 g/mol. The van der Waals surface area contributed by atoms with Crippen molar-refractivity contribution in [3.05, 3.63) is 29.8 Å². The van der Waals surface area contributed by atoms with Crippen molar-refractivity contribution in [2.24, 2.45) is 4.99 Å². The third-order valence-corrected chi connectivity index (χ3v) is 3.31. The van der Waals surface area contributed by atoms with Crippen LogP contribution in [0.4, 0.5) is 0 Å². The molecule has 0 aliphatic rings. The molecule has 0 aliphatic heterocycles. The third kappa shape index (κ3) is 5.08. The second-order valence-corrected chi connectivity index (χ2v) is 5.39. The molecule has 1 atom stereocenters. The van der Waals surface area contributed by atoms with Crippen LogP contribution in [0.15, 0.2) is 29.3 Å². The summed E-state index contributed by atoms with van der Waals surface area (Å²) in [6, 6.07) is 7.98. The summed E-state index contributed by atoms with van der Waals surface area (Å²) in [7, 11) is 3.55. The molecule has 20 heavy (non-hydrogen) atoms. The van der Waals surface area contributed by atoms with E-state index in [2.05, 4.69) is 10.3 Å². The van der Waals surface area contributed by atoms with Crippen LogP contribution in [0.2, 0.25) is 0 Å². The second-order valence-electron chi connectivity index (χ2n) is 5.39. The van der Waals surface area contributed by atoms with Crippen LogP contribution in [0.1, 0.15) is 33.3 Å². The first-order valence-electron chi connectivity index (χ1n) is 6.82. The minimum Gasteiger partial charge on any atom is -0.427 e. The Balaban J connectivity index is 2.63. The first kappa shape index (κ1) is 16.9. The van der Waals surface area contributed by atoms with E-state index in [9.17, 15) is 5.11 Å². The quantitative estimate of drug-likeness (QED) is 0.578. The average molecular weight is 275 g/mol. The molecule has 1 aromatic rings. The number of hydrogen-bond donors (Lipinski definition) is 2. The summed E-state index contributed by atoms with van der Waals surface area (Å²) in [6.07, 6.45) is -0.533. The predicted octanol–water partition coefficient (Wildman–Crippen LogP) is 1.09. The molecule has 0 spiro atoms. The average Bonchev–Trinajstić information content (AvgIpc) is 2.43. The summed E-state index contributed by atoms with van der Waals surface area (Å²) in [5.41, 5.74) is 2.45. The summed E-state index contributed by atoms with van der Waals surface area (Å²) in [5.74, 6) is 0. The van der Waals surface area contributed by atoms with Gasteiger partial charge < -0.3 is 15.1 Å². The van der Waals surface area contributed by atoms with Crippen molar-refractivity contribution in [3.8, 4) is 0 Å². The number of hydrogen-bond acceptors (Lipinski definition) is 4. The fourth-order valence-corrected chi connectivity index (χ4v) is 1.41. The van der Waals surface area contributed by atoms with Gasteiger partial charge in [-0.1, -0.05) is 29.7 Å². The summed E-state index contributed by atoms with van der Waals surface area (Å²) in [6.45, 7) is 8.04. The van der Waals surface area contributed by atoms with Gasteiger partial charge >= 0.3 is 7.48 Å². The number of aliphatic imine (C=N–C) groups is 1. The molecule has 1 unspecified atom stereocenters. The Labute approximate surface area is 122 Å². The van der Waals surface area contributed by atoms with Gasteiger partial charge in [-0.3, -0.25) is 4.99 Å². The van der Waals surface area contributed by atoms with Crippen molar-refractivity contribution in [2.75, 3.05) is 13.7 Å². The Morgan fingerprint density at radius 1 is 1.40 bits per heavy atom. The van der Waals surface area contributed by atoms with Gasteiger partial charge in [0.05, 0.1) is 18.4 Å². The molecule has 1 aromatic carbocycles. The first-order valence-corrected chi connectivity index (χ1v) is 6.82. The molecule has 0 fully saturated rings. The normalized spacial score (nSPS) is 14.2. The smallest absolute Gasteiger partial charge is 0.330 e. The molecule has 4 nitrogen and oxygen atoms in total. The SMILES string of the molecule is CNCN=C(C)c1ccc([B]OC(C)(C)C(C)O)cc1. The summed E-state index contributed by atoms with van der Waals surface area (Å²) < 4.78 is 5.63. The topological polar surface area (TPSA) is 53.9 Å². The van der Waals surface area contributed by atoms with E-state index in [1.807, 2.05) is 52.1 Å². The molecule has 0 bridgehead atoms. The van der Waals surface area contributed by atoms with Gasteiger partial charge in [0.2, 0.25) is 0 Å². The molecule has 0 heterocycles. The highest BCUT2D eigenvalue weighted by Crippen LogP contribution is 2.13. The lowest BCUT2D eigenvalue weighted by molar-refractivity contribution is -0.0146. The highest BCUT2D eigenvalue weighted by molar-refractivity contribution is 6.47. The van der Waals surface area contributed by atoms with Crippen LogP contribution in [0.5, 0.6) is 0 Å². The molecule has 5 heteroatoms. The Morgan fingerprint density at radius 3 is 2.50 bits per heavy atom. The van der Waals surface area contributed by atoms with E-state index < -0.39 is 11.7 Å². The molecular weight excluding hydrogens is 251 g/mol. The molecule has 0 saturated carbocycles. The van der Waals surface area contributed by atoms with E-state index in [-0.39, 0.29) is 0 Å². The Kier molecular flexibility index (Phi) is 6.39. The minimum atomic E-state index is -0.594. The van der Waals surface area contributed by atoms with Gasteiger partial charge in [0.1, 0.15) is 0 Å². The van der Waals surface area contributed by atoms with Crippen molar-refractivity contribution < 1.29 is 9.76 Å². The fourth-order valence-electron chi connectivity index (χ4n) is 1.41. The van der Waals surface area contributed by atoms with Crippen LogP contribution in [0.25, 0.3) is 0 Å². The summed E-state index contributed by atoms with van der Waals surface area (Å²) >= 11 is 0. The maximum atomic E-state index is 9.59. The molecule has 1 rings (SSSR count). The minimum absolute atomic E-state index is 0.533. The summed E-state index contributed by atoms with van der Waals surface area (Å²) in [4.78, 5) is 4.38. The Morgan fingerprint density at radius 2 is 2.00 bits per heavy atom. The van der Waals surface area contributed by atoms with Crippen molar-refractivity contribution in [1.82, 2.24) is 5.32 Å². The largest absolute Gasteiger partial charge is 0.427 e. The number of aliphatic hydroxyl groups excluding tert-OH is 1. The molecule has 0 aliphatic carbocycles. The number of rotatable bonds is 7. The van der Waals surface area contributed by atoms with Gasteiger partial charge in [-0.15, -0.1) is 0 Å². The maximum absolute atomic E-state index is 9.59. The van der Waals surface area contributed by atoms with Crippen LogP contribution >= 0.6 is 0 Å². The zero-order valence-corrected chi connectivity index (χ0v) is 13.0. The van der Waals surface area contributed by atoms with E-state index in [1.54, 1.807) is 14.4 Å². The highest BCUT2D eigenvalue weighted by atomic mass is 16.5. The molecule has 109 valence electrons. The maximum Gasteiger partial charge on any atom is 0.330 e. The lowest BCUT2D eigenvalue weighted by Gasteiger charge is -2.28. The number of benzene rings is 1. The lowest BCUT2D eigenvalue weighted by atomic mass is 9.85.